The second kappa shape index (κ2) is 10.3. The Hall–Kier alpha value is -1.67. The van der Waals surface area contributed by atoms with Crippen molar-refractivity contribution < 1.29 is 24.6 Å². The Bertz CT molecular complexity index is 305. The second-order valence-corrected chi connectivity index (χ2v) is 4.43. The molecule has 0 aliphatic carbocycles. The highest BCUT2D eigenvalue weighted by Gasteiger charge is 2.14. The van der Waals surface area contributed by atoms with Gasteiger partial charge in [-0.2, -0.15) is 0 Å². The van der Waals surface area contributed by atoms with Crippen molar-refractivity contribution in [3.05, 3.63) is 0 Å². The van der Waals surface area contributed by atoms with Gasteiger partial charge < -0.3 is 15.9 Å². The first-order valence-electron chi connectivity index (χ1n) is 5.74. The smallest absolute Gasteiger partial charge is 0.320 e. The first kappa shape index (κ1) is 19.7. The van der Waals surface area contributed by atoms with Crippen molar-refractivity contribution in [1.29, 1.82) is 0 Å². The van der Waals surface area contributed by atoms with Crippen LogP contribution in [-0.2, 0) is 14.4 Å². The van der Waals surface area contributed by atoms with Crippen molar-refractivity contribution in [2.24, 2.45) is 11.7 Å². The molecule has 0 saturated carbocycles. The highest BCUT2D eigenvalue weighted by molar-refractivity contribution is 5.80. The summed E-state index contributed by atoms with van der Waals surface area (Å²) in [5.41, 5.74) is 7.59. The topological polar surface area (TPSA) is 133 Å². The Labute approximate surface area is 112 Å². The van der Waals surface area contributed by atoms with Gasteiger partial charge in [0.25, 0.3) is 0 Å². The molecule has 0 aromatic carbocycles. The summed E-state index contributed by atoms with van der Waals surface area (Å²) in [5.74, 6) is -2.15. The van der Waals surface area contributed by atoms with Gasteiger partial charge in [0, 0.05) is 20.5 Å². The number of nitrogens with one attached hydrogen (secondary N) is 1. The molecule has 112 valence electrons. The van der Waals surface area contributed by atoms with Crippen molar-refractivity contribution in [2.75, 3.05) is 14.1 Å². The summed E-state index contributed by atoms with van der Waals surface area (Å²) < 4.78 is 0. The lowest BCUT2D eigenvalue weighted by molar-refractivity contribution is -0.140. The lowest BCUT2D eigenvalue weighted by Crippen LogP contribution is -2.36. The van der Waals surface area contributed by atoms with Crippen LogP contribution in [0.15, 0.2) is 0 Å². The number of carbonyl (C=O) groups is 3. The molecule has 8 heteroatoms. The Morgan fingerprint density at radius 2 is 1.63 bits per heavy atom. The van der Waals surface area contributed by atoms with Gasteiger partial charge >= 0.3 is 11.9 Å². The van der Waals surface area contributed by atoms with E-state index in [1.165, 1.54) is 5.01 Å². The van der Waals surface area contributed by atoms with Crippen LogP contribution < -0.4 is 11.2 Å². The van der Waals surface area contributed by atoms with Gasteiger partial charge in [-0.3, -0.25) is 19.8 Å². The van der Waals surface area contributed by atoms with Crippen LogP contribution in [0.5, 0.6) is 0 Å². The summed E-state index contributed by atoms with van der Waals surface area (Å²) in [4.78, 5) is 30.8. The fourth-order valence-corrected chi connectivity index (χ4v) is 0.811. The molecular formula is C11H23N3O5. The summed E-state index contributed by atoms with van der Waals surface area (Å²) in [7, 11) is 3.33. The molecule has 0 spiro atoms. The summed E-state index contributed by atoms with van der Waals surface area (Å²) in [5, 5.41) is 17.9. The Morgan fingerprint density at radius 3 is 1.84 bits per heavy atom. The molecule has 0 heterocycles. The van der Waals surface area contributed by atoms with Gasteiger partial charge in [-0.25, -0.2) is 5.01 Å². The lowest BCUT2D eigenvalue weighted by atomic mass is 10.1. The van der Waals surface area contributed by atoms with E-state index in [-0.39, 0.29) is 24.7 Å². The molecule has 0 aromatic rings. The van der Waals surface area contributed by atoms with Crippen molar-refractivity contribution in [1.82, 2.24) is 10.4 Å². The standard InChI is InChI=1S/C6H12N2O3.C5H11NO2/c1-8(2)7-5(9)3-4-6(10)11;1-3(2)4(6)5(7)8/h3-4H2,1-2H3,(H,7,9)(H,10,11);3-4H,6H2,1-2H3,(H,7,8)/t;4-/m.0/s1. The third-order valence-corrected chi connectivity index (χ3v) is 1.92. The van der Waals surface area contributed by atoms with Crippen LogP contribution in [0.4, 0.5) is 0 Å². The van der Waals surface area contributed by atoms with E-state index >= 15 is 0 Å². The number of hydrogen-bond acceptors (Lipinski definition) is 5. The molecule has 0 fully saturated rings. The minimum atomic E-state index is -0.959. The molecule has 0 aromatic heterocycles. The SMILES string of the molecule is CC(C)[C@H](N)C(=O)O.CN(C)NC(=O)CCC(=O)O. The highest BCUT2D eigenvalue weighted by Crippen LogP contribution is 1.96. The molecule has 0 radical (unpaired) electrons. The summed E-state index contributed by atoms with van der Waals surface area (Å²) in [6.45, 7) is 3.55. The zero-order valence-electron chi connectivity index (χ0n) is 11.7. The van der Waals surface area contributed by atoms with Crippen LogP contribution in [0, 0.1) is 5.92 Å². The Kier molecular flexibility index (Phi) is 10.6. The van der Waals surface area contributed by atoms with Gasteiger partial charge in [0.05, 0.1) is 6.42 Å². The number of carboxylic acids is 2. The number of hydrogen-bond donors (Lipinski definition) is 4. The van der Waals surface area contributed by atoms with Crippen molar-refractivity contribution in [3.8, 4) is 0 Å². The quantitative estimate of drug-likeness (QED) is 0.481. The molecule has 1 amide bonds. The summed E-state index contributed by atoms with van der Waals surface area (Å²) in [6, 6.07) is -0.713. The van der Waals surface area contributed by atoms with E-state index in [1.54, 1.807) is 27.9 Å². The Morgan fingerprint density at radius 1 is 1.16 bits per heavy atom. The van der Waals surface area contributed by atoms with Crippen LogP contribution >= 0.6 is 0 Å². The molecule has 0 aliphatic heterocycles. The Balaban J connectivity index is 0. The largest absolute Gasteiger partial charge is 0.481 e. The van der Waals surface area contributed by atoms with Crippen LogP contribution in [0.1, 0.15) is 26.7 Å². The first-order chi connectivity index (χ1) is 8.57. The molecule has 0 aliphatic rings. The minimum Gasteiger partial charge on any atom is -0.481 e. The average Bonchev–Trinajstić information content (AvgIpc) is 2.25. The molecule has 8 nitrogen and oxygen atoms in total. The monoisotopic (exact) mass is 277 g/mol. The maximum Gasteiger partial charge on any atom is 0.320 e. The number of carbonyl (C=O) groups excluding carboxylic acids is 1. The van der Waals surface area contributed by atoms with Crippen LogP contribution in [-0.4, -0.2) is 53.2 Å². The van der Waals surface area contributed by atoms with Gasteiger partial charge in [-0.1, -0.05) is 13.8 Å². The van der Waals surface area contributed by atoms with E-state index in [1.807, 2.05) is 0 Å². The summed E-state index contributed by atoms with van der Waals surface area (Å²) >= 11 is 0. The zero-order valence-corrected chi connectivity index (χ0v) is 11.7. The number of aliphatic carboxylic acids is 2. The van der Waals surface area contributed by atoms with Crippen molar-refractivity contribution in [3.63, 3.8) is 0 Å². The number of carboxylic acid groups (broad SMARTS) is 2. The van der Waals surface area contributed by atoms with E-state index in [4.69, 9.17) is 15.9 Å². The van der Waals surface area contributed by atoms with E-state index in [0.29, 0.717) is 0 Å². The van der Waals surface area contributed by atoms with E-state index in [9.17, 15) is 14.4 Å². The van der Waals surface area contributed by atoms with E-state index < -0.39 is 18.0 Å². The van der Waals surface area contributed by atoms with Gasteiger partial charge in [-0.15, -0.1) is 0 Å². The molecule has 0 rings (SSSR count). The molecule has 19 heavy (non-hydrogen) atoms. The molecule has 0 unspecified atom stereocenters. The number of rotatable bonds is 6. The predicted octanol–water partition coefficient (Wildman–Crippen LogP) is -0.502. The maximum atomic E-state index is 10.7. The molecule has 0 bridgehead atoms. The third kappa shape index (κ3) is 14.3. The predicted molar refractivity (Wildman–Crippen MR) is 69.1 cm³/mol. The van der Waals surface area contributed by atoms with E-state index in [2.05, 4.69) is 5.43 Å². The van der Waals surface area contributed by atoms with E-state index in [0.717, 1.165) is 0 Å². The number of nitrogens with two attached hydrogens (primary N) is 1. The van der Waals surface area contributed by atoms with Gasteiger partial charge in [0.15, 0.2) is 0 Å². The number of hydrazine groups is 1. The molecule has 5 N–H and O–H groups in total. The fraction of sp³-hybridized carbons (Fsp3) is 0.727. The van der Waals surface area contributed by atoms with Crippen LogP contribution in [0.3, 0.4) is 0 Å². The summed E-state index contributed by atoms with van der Waals surface area (Å²) in [6.07, 6.45) is -0.104. The van der Waals surface area contributed by atoms with Gasteiger partial charge in [-0.05, 0) is 5.92 Å². The fourth-order valence-electron chi connectivity index (χ4n) is 0.811. The maximum absolute atomic E-state index is 10.7. The minimum absolute atomic E-state index is 0.0208. The van der Waals surface area contributed by atoms with Crippen molar-refractivity contribution in [2.45, 2.75) is 32.7 Å². The number of amides is 1. The zero-order chi connectivity index (χ0) is 15.6. The van der Waals surface area contributed by atoms with Crippen LogP contribution in [0.25, 0.3) is 0 Å². The third-order valence-electron chi connectivity index (χ3n) is 1.92. The van der Waals surface area contributed by atoms with Crippen molar-refractivity contribution >= 4 is 17.8 Å². The molecule has 0 saturated heterocycles. The lowest BCUT2D eigenvalue weighted by Gasteiger charge is -2.10. The second-order valence-electron chi connectivity index (χ2n) is 4.43. The number of nitrogens with zero attached hydrogens (tertiary/aromatic N) is 1. The normalized spacial score (nSPS) is 11.5. The van der Waals surface area contributed by atoms with Gasteiger partial charge in [0.2, 0.25) is 5.91 Å². The first-order valence-corrected chi connectivity index (χ1v) is 5.74. The van der Waals surface area contributed by atoms with Crippen LogP contribution in [0.2, 0.25) is 0 Å². The van der Waals surface area contributed by atoms with Gasteiger partial charge in [0.1, 0.15) is 6.04 Å². The average molecular weight is 277 g/mol. The highest BCUT2D eigenvalue weighted by atomic mass is 16.4. The molecular weight excluding hydrogens is 254 g/mol. The molecule has 1 atom stereocenters.